The third-order valence-corrected chi connectivity index (χ3v) is 4.94. The van der Waals surface area contributed by atoms with E-state index in [0.717, 1.165) is 40.4 Å². The summed E-state index contributed by atoms with van der Waals surface area (Å²) in [5, 5.41) is 6.19. The average molecular weight is 336 g/mol. The van der Waals surface area contributed by atoms with Gasteiger partial charge in [0.05, 0.1) is 10.7 Å². The van der Waals surface area contributed by atoms with Crippen LogP contribution in [-0.2, 0) is 12.8 Å². The van der Waals surface area contributed by atoms with E-state index in [1.165, 1.54) is 0 Å². The minimum absolute atomic E-state index is 0.0880. The minimum Gasteiger partial charge on any atom is -0.322 e. The van der Waals surface area contributed by atoms with Crippen LogP contribution in [0.2, 0.25) is 0 Å². The van der Waals surface area contributed by atoms with Gasteiger partial charge < -0.3 is 5.32 Å². The average Bonchev–Trinajstić information content (AvgIpc) is 3.11. The van der Waals surface area contributed by atoms with E-state index < -0.39 is 0 Å². The molecule has 0 aliphatic rings. The standard InChI is InChI=1S/C20H20N2OS/c1-3-14-7-5-6-8-17(14)22-20(23)16-11-9-15(10-12-16)18-13-24-19(4-2)21-18/h5-13H,3-4H2,1-2H3,(H,22,23). The summed E-state index contributed by atoms with van der Waals surface area (Å²) >= 11 is 1.67. The van der Waals surface area contributed by atoms with E-state index in [1.54, 1.807) is 11.3 Å². The van der Waals surface area contributed by atoms with E-state index in [0.29, 0.717) is 5.56 Å². The van der Waals surface area contributed by atoms with Gasteiger partial charge in [0.15, 0.2) is 0 Å². The first-order chi connectivity index (χ1) is 11.7. The fourth-order valence-corrected chi connectivity index (χ4v) is 3.30. The van der Waals surface area contributed by atoms with E-state index >= 15 is 0 Å². The van der Waals surface area contributed by atoms with Crippen LogP contribution in [0.1, 0.15) is 34.8 Å². The summed E-state index contributed by atoms with van der Waals surface area (Å²) in [7, 11) is 0. The van der Waals surface area contributed by atoms with Crippen molar-refractivity contribution in [1.82, 2.24) is 4.98 Å². The van der Waals surface area contributed by atoms with Crippen LogP contribution in [-0.4, -0.2) is 10.9 Å². The zero-order valence-corrected chi connectivity index (χ0v) is 14.7. The van der Waals surface area contributed by atoms with Gasteiger partial charge in [0, 0.05) is 22.2 Å². The fourth-order valence-electron chi connectivity index (χ4n) is 2.54. The second-order valence-electron chi connectivity index (χ2n) is 5.52. The molecule has 1 amide bonds. The Bertz CT molecular complexity index is 837. The van der Waals surface area contributed by atoms with E-state index in [4.69, 9.17) is 0 Å². The molecule has 0 bridgehead atoms. The zero-order valence-electron chi connectivity index (χ0n) is 13.9. The molecular formula is C20H20N2OS. The summed E-state index contributed by atoms with van der Waals surface area (Å²) in [5.74, 6) is -0.0880. The highest BCUT2D eigenvalue weighted by molar-refractivity contribution is 7.09. The Kier molecular flexibility index (Phi) is 5.06. The number of hydrogen-bond acceptors (Lipinski definition) is 3. The summed E-state index contributed by atoms with van der Waals surface area (Å²) in [6.07, 6.45) is 1.83. The molecule has 3 nitrogen and oxygen atoms in total. The Hall–Kier alpha value is -2.46. The molecule has 0 aliphatic carbocycles. The lowest BCUT2D eigenvalue weighted by molar-refractivity contribution is 0.102. The summed E-state index contributed by atoms with van der Waals surface area (Å²) in [6, 6.07) is 15.5. The van der Waals surface area contributed by atoms with Gasteiger partial charge in [-0.1, -0.05) is 44.2 Å². The van der Waals surface area contributed by atoms with Gasteiger partial charge in [0.1, 0.15) is 0 Å². The number of para-hydroxylation sites is 1. The molecule has 0 fully saturated rings. The number of nitrogens with zero attached hydrogens (tertiary/aromatic N) is 1. The summed E-state index contributed by atoms with van der Waals surface area (Å²) in [6.45, 7) is 4.18. The molecule has 0 saturated heterocycles. The molecule has 0 spiro atoms. The van der Waals surface area contributed by atoms with Crippen molar-refractivity contribution >= 4 is 22.9 Å². The Morgan fingerprint density at radius 3 is 2.46 bits per heavy atom. The molecule has 1 N–H and O–H groups in total. The van der Waals surface area contributed by atoms with Gasteiger partial charge in [-0.2, -0.15) is 0 Å². The first-order valence-corrected chi connectivity index (χ1v) is 9.03. The molecule has 0 atom stereocenters. The number of benzene rings is 2. The Balaban J connectivity index is 1.76. The maximum atomic E-state index is 12.5. The largest absolute Gasteiger partial charge is 0.322 e. The number of carbonyl (C=O) groups excluding carboxylic acids is 1. The lowest BCUT2D eigenvalue weighted by atomic mass is 10.1. The van der Waals surface area contributed by atoms with Crippen molar-refractivity contribution in [3.05, 3.63) is 70.0 Å². The third kappa shape index (κ3) is 3.54. The first kappa shape index (κ1) is 16.4. The minimum atomic E-state index is -0.0880. The molecule has 1 heterocycles. The van der Waals surface area contributed by atoms with Gasteiger partial charge in [-0.3, -0.25) is 4.79 Å². The molecule has 0 saturated carbocycles. The van der Waals surface area contributed by atoms with Crippen LogP contribution in [0.15, 0.2) is 53.9 Å². The van der Waals surface area contributed by atoms with Gasteiger partial charge in [0.2, 0.25) is 0 Å². The number of aromatic nitrogens is 1. The van der Waals surface area contributed by atoms with Crippen molar-refractivity contribution in [3.63, 3.8) is 0 Å². The van der Waals surface area contributed by atoms with Crippen LogP contribution >= 0.6 is 11.3 Å². The van der Waals surface area contributed by atoms with E-state index in [-0.39, 0.29) is 5.91 Å². The molecule has 122 valence electrons. The smallest absolute Gasteiger partial charge is 0.255 e. The molecule has 24 heavy (non-hydrogen) atoms. The van der Waals surface area contributed by atoms with Crippen molar-refractivity contribution in [3.8, 4) is 11.3 Å². The molecule has 3 aromatic rings. The van der Waals surface area contributed by atoms with Gasteiger partial charge >= 0.3 is 0 Å². The van der Waals surface area contributed by atoms with Crippen molar-refractivity contribution < 1.29 is 4.79 Å². The second kappa shape index (κ2) is 7.41. The highest BCUT2D eigenvalue weighted by Gasteiger charge is 2.09. The van der Waals surface area contributed by atoms with Crippen molar-refractivity contribution in [1.29, 1.82) is 0 Å². The Morgan fingerprint density at radius 1 is 1.04 bits per heavy atom. The number of carbonyl (C=O) groups is 1. The summed E-state index contributed by atoms with van der Waals surface area (Å²) < 4.78 is 0. The number of anilines is 1. The molecule has 2 aromatic carbocycles. The van der Waals surface area contributed by atoms with Gasteiger partial charge in [-0.15, -0.1) is 11.3 Å². The number of thiazole rings is 1. The molecule has 0 radical (unpaired) electrons. The molecule has 0 unspecified atom stereocenters. The van der Waals surface area contributed by atoms with Crippen LogP contribution in [0, 0.1) is 0 Å². The van der Waals surface area contributed by atoms with E-state index in [1.807, 2.05) is 48.5 Å². The van der Waals surface area contributed by atoms with Crippen molar-refractivity contribution in [2.75, 3.05) is 5.32 Å². The molecule has 3 rings (SSSR count). The fraction of sp³-hybridized carbons (Fsp3) is 0.200. The van der Waals surface area contributed by atoms with Crippen molar-refractivity contribution in [2.45, 2.75) is 26.7 Å². The summed E-state index contributed by atoms with van der Waals surface area (Å²) in [4.78, 5) is 17.0. The number of nitrogens with one attached hydrogen (secondary N) is 1. The van der Waals surface area contributed by atoms with Gasteiger partial charge in [0.25, 0.3) is 5.91 Å². The predicted octanol–water partition coefficient (Wildman–Crippen LogP) is 5.19. The summed E-state index contributed by atoms with van der Waals surface area (Å²) in [5.41, 5.74) is 4.67. The van der Waals surface area contributed by atoms with Crippen LogP contribution in [0.3, 0.4) is 0 Å². The number of rotatable bonds is 5. The van der Waals surface area contributed by atoms with Gasteiger partial charge in [-0.05, 0) is 36.6 Å². The topological polar surface area (TPSA) is 42.0 Å². The predicted molar refractivity (Wildman–Crippen MR) is 101 cm³/mol. The lowest BCUT2D eigenvalue weighted by Gasteiger charge is -2.10. The van der Waals surface area contributed by atoms with Crippen LogP contribution in [0.5, 0.6) is 0 Å². The maximum Gasteiger partial charge on any atom is 0.255 e. The zero-order chi connectivity index (χ0) is 16.9. The van der Waals surface area contributed by atoms with Gasteiger partial charge in [-0.25, -0.2) is 4.98 Å². The monoisotopic (exact) mass is 336 g/mol. The first-order valence-electron chi connectivity index (χ1n) is 8.15. The normalized spacial score (nSPS) is 10.6. The highest BCUT2D eigenvalue weighted by Crippen LogP contribution is 2.23. The number of hydrogen-bond donors (Lipinski definition) is 1. The number of aryl methyl sites for hydroxylation is 2. The van der Waals surface area contributed by atoms with E-state index in [2.05, 4.69) is 29.5 Å². The van der Waals surface area contributed by atoms with Crippen molar-refractivity contribution in [2.24, 2.45) is 0 Å². The Morgan fingerprint density at radius 2 is 1.79 bits per heavy atom. The molecule has 1 aromatic heterocycles. The van der Waals surface area contributed by atoms with E-state index in [9.17, 15) is 4.79 Å². The number of amides is 1. The second-order valence-corrected chi connectivity index (χ2v) is 6.46. The SMILES string of the molecule is CCc1nc(-c2ccc(C(=O)Nc3ccccc3CC)cc2)cs1. The maximum absolute atomic E-state index is 12.5. The molecule has 0 aliphatic heterocycles. The van der Waals surface area contributed by atoms with Crippen LogP contribution in [0.4, 0.5) is 5.69 Å². The Labute approximate surface area is 146 Å². The molecular weight excluding hydrogens is 316 g/mol. The third-order valence-electron chi connectivity index (χ3n) is 3.94. The lowest BCUT2D eigenvalue weighted by Crippen LogP contribution is -2.13. The molecule has 4 heteroatoms. The quantitative estimate of drug-likeness (QED) is 0.697. The highest BCUT2D eigenvalue weighted by atomic mass is 32.1. The van der Waals surface area contributed by atoms with Crippen LogP contribution < -0.4 is 5.32 Å². The van der Waals surface area contributed by atoms with Crippen LogP contribution in [0.25, 0.3) is 11.3 Å².